The van der Waals surface area contributed by atoms with Crippen molar-refractivity contribution in [1.29, 1.82) is 0 Å². The molecule has 0 radical (unpaired) electrons. The quantitative estimate of drug-likeness (QED) is 0.664. The molecule has 0 aromatic heterocycles. The Bertz CT molecular complexity index is 991. The number of likely N-dealkylation sites (N-methyl/N-ethyl adjacent to an activating group) is 1. The van der Waals surface area contributed by atoms with Gasteiger partial charge in [-0.3, -0.25) is 9.59 Å². The number of ether oxygens (including phenoxy) is 1. The van der Waals surface area contributed by atoms with E-state index < -0.39 is 12.1 Å². The summed E-state index contributed by atoms with van der Waals surface area (Å²) in [7, 11) is 0. The molecule has 2 aromatic carbocycles. The molecule has 2 amide bonds. The van der Waals surface area contributed by atoms with Crippen molar-refractivity contribution >= 4 is 18.0 Å². The molecular formula is C26H30N2O5. The van der Waals surface area contributed by atoms with Gasteiger partial charge in [-0.25, -0.2) is 4.79 Å². The summed E-state index contributed by atoms with van der Waals surface area (Å²) in [5, 5.41) is 12.0. The van der Waals surface area contributed by atoms with Gasteiger partial charge in [-0.15, -0.1) is 0 Å². The monoisotopic (exact) mass is 450 g/mol. The van der Waals surface area contributed by atoms with Crippen molar-refractivity contribution in [2.75, 3.05) is 19.7 Å². The number of hydrogen-bond donors (Lipinski definition) is 2. The third-order valence-corrected chi connectivity index (χ3v) is 6.71. The molecule has 4 rings (SSSR count). The fraction of sp³-hybridized carbons (Fsp3) is 0.423. The zero-order valence-corrected chi connectivity index (χ0v) is 18.8. The van der Waals surface area contributed by atoms with Crippen LogP contribution in [-0.2, 0) is 14.3 Å². The maximum absolute atomic E-state index is 12.7. The first kappa shape index (κ1) is 22.8. The van der Waals surface area contributed by atoms with Crippen LogP contribution in [0.3, 0.4) is 0 Å². The lowest BCUT2D eigenvalue weighted by molar-refractivity contribution is -0.146. The summed E-state index contributed by atoms with van der Waals surface area (Å²) in [4.78, 5) is 37.7. The number of nitrogens with one attached hydrogen (secondary N) is 1. The number of carboxylic acid groups (broad SMARTS) is 1. The first-order chi connectivity index (χ1) is 16.0. The molecule has 0 unspecified atom stereocenters. The molecule has 0 spiro atoms. The minimum atomic E-state index is -1.02. The number of hydrogen-bond acceptors (Lipinski definition) is 4. The van der Waals surface area contributed by atoms with Gasteiger partial charge in [-0.05, 0) is 48.4 Å². The Morgan fingerprint density at radius 3 is 2.27 bits per heavy atom. The Kier molecular flexibility index (Phi) is 6.96. The molecule has 0 bridgehead atoms. The normalized spacial score (nSPS) is 19.3. The largest absolute Gasteiger partial charge is 0.480 e. The Morgan fingerprint density at radius 1 is 1.03 bits per heavy atom. The van der Waals surface area contributed by atoms with Gasteiger partial charge < -0.3 is 20.1 Å². The number of carboxylic acids is 1. The molecule has 174 valence electrons. The Labute approximate surface area is 193 Å². The first-order valence-corrected chi connectivity index (χ1v) is 11.6. The Balaban J connectivity index is 1.34. The summed E-state index contributed by atoms with van der Waals surface area (Å²) in [6, 6.07) is 16.2. The van der Waals surface area contributed by atoms with Crippen LogP contribution in [0.4, 0.5) is 4.79 Å². The minimum absolute atomic E-state index is 0.00189. The van der Waals surface area contributed by atoms with Crippen LogP contribution in [0.25, 0.3) is 11.1 Å². The van der Waals surface area contributed by atoms with Crippen LogP contribution in [-0.4, -0.2) is 53.7 Å². The predicted molar refractivity (Wildman–Crippen MR) is 124 cm³/mol. The van der Waals surface area contributed by atoms with Crippen molar-refractivity contribution in [2.24, 2.45) is 5.92 Å². The third-order valence-electron chi connectivity index (χ3n) is 6.71. The van der Waals surface area contributed by atoms with Crippen molar-refractivity contribution in [1.82, 2.24) is 10.2 Å². The summed E-state index contributed by atoms with van der Waals surface area (Å²) in [6.07, 6.45) is 2.30. The van der Waals surface area contributed by atoms with Gasteiger partial charge in [0.1, 0.15) is 13.2 Å². The predicted octanol–water partition coefficient (Wildman–Crippen LogP) is 4.02. The van der Waals surface area contributed by atoms with Crippen molar-refractivity contribution in [3.63, 3.8) is 0 Å². The van der Waals surface area contributed by atoms with Crippen LogP contribution < -0.4 is 5.32 Å². The zero-order valence-electron chi connectivity index (χ0n) is 18.8. The minimum Gasteiger partial charge on any atom is -0.480 e. The highest BCUT2D eigenvalue weighted by atomic mass is 16.5. The molecule has 7 heteroatoms. The topological polar surface area (TPSA) is 95.9 Å². The molecule has 7 nitrogen and oxygen atoms in total. The average molecular weight is 451 g/mol. The summed E-state index contributed by atoms with van der Waals surface area (Å²) in [5.41, 5.74) is 4.68. The van der Waals surface area contributed by atoms with Gasteiger partial charge in [0.15, 0.2) is 0 Å². The number of amides is 2. The van der Waals surface area contributed by atoms with E-state index in [0.29, 0.717) is 19.4 Å². The second-order valence-corrected chi connectivity index (χ2v) is 8.78. The Morgan fingerprint density at radius 2 is 1.67 bits per heavy atom. The van der Waals surface area contributed by atoms with Crippen molar-refractivity contribution in [3.05, 3.63) is 59.7 Å². The standard InChI is InChI=1S/C26H30N2O5/c1-2-28(15-24(29)30)25(31)17-8-7-9-18(14-17)27-26(32)33-16-23-21-12-5-3-10-19(21)20-11-4-6-13-22(20)23/h3-6,10-13,17-18,23H,2,7-9,14-16H2,1H3,(H,27,32)(H,29,30)/t17-,18+/m0/s1. The maximum atomic E-state index is 12.7. The molecule has 2 aliphatic rings. The average Bonchev–Trinajstić information content (AvgIpc) is 3.14. The van der Waals surface area contributed by atoms with Crippen LogP contribution in [0, 0.1) is 5.92 Å². The highest BCUT2D eigenvalue weighted by molar-refractivity contribution is 5.83. The second-order valence-electron chi connectivity index (χ2n) is 8.78. The summed E-state index contributed by atoms with van der Waals surface area (Å²) < 4.78 is 5.64. The highest BCUT2D eigenvalue weighted by Crippen LogP contribution is 2.44. The molecule has 1 fully saturated rings. The summed E-state index contributed by atoms with van der Waals surface area (Å²) in [6.45, 7) is 2.08. The lowest BCUT2D eigenvalue weighted by Gasteiger charge is -2.32. The number of fused-ring (bicyclic) bond motifs is 3. The molecule has 2 N–H and O–H groups in total. The summed E-state index contributed by atoms with van der Waals surface area (Å²) >= 11 is 0. The lowest BCUT2D eigenvalue weighted by atomic mass is 9.85. The molecule has 2 atom stereocenters. The molecule has 0 saturated heterocycles. The van der Waals surface area contributed by atoms with E-state index in [2.05, 4.69) is 29.6 Å². The molecule has 2 aliphatic carbocycles. The maximum Gasteiger partial charge on any atom is 0.407 e. The molecule has 0 aliphatic heterocycles. The molecule has 1 saturated carbocycles. The van der Waals surface area contributed by atoms with E-state index in [1.807, 2.05) is 24.3 Å². The number of alkyl carbamates (subject to hydrolysis) is 1. The molecular weight excluding hydrogens is 420 g/mol. The second kappa shape index (κ2) is 10.1. The SMILES string of the molecule is CCN(CC(=O)O)C(=O)[C@H]1CCC[C@@H](NC(=O)OCC2c3ccccc3-c3ccccc32)C1. The number of carbonyl (C=O) groups excluding carboxylic acids is 2. The smallest absolute Gasteiger partial charge is 0.407 e. The summed E-state index contributed by atoms with van der Waals surface area (Å²) in [5.74, 6) is -1.46. The van der Waals surface area contributed by atoms with Crippen molar-refractivity contribution in [2.45, 2.75) is 44.6 Å². The highest BCUT2D eigenvalue weighted by Gasteiger charge is 2.32. The zero-order chi connectivity index (χ0) is 23.4. The Hall–Kier alpha value is -3.35. The lowest BCUT2D eigenvalue weighted by Crippen LogP contribution is -2.45. The van der Waals surface area contributed by atoms with Crippen LogP contribution in [0.5, 0.6) is 0 Å². The van der Waals surface area contributed by atoms with Gasteiger partial charge in [-0.1, -0.05) is 55.0 Å². The van der Waals surface area contributed by atoms with Gasteiger partial charge in [0, 0.05) is 24.4 Å². The van der Waals surface area contributed by atoms with Crippen LogP contribution in [0.1, 0.15) is 49.7 Å². The van der Waals surface area contributed by atoms with Gasteiger partial charge >= 0.3 is 12.1 Å². The van der Waals surface area contributed by atoms with E-state index in [9.17, 15) is 14.4 Å². The van der Waals surface area contributed by atoms with E-state index in [1.54, 1.807) is 6.92 Å². The van der Waals surface area contributed by atoms with Crippen LogP contribution in [0.15, 0.2) is 48.5 Å². The third kappa shape index (κ3) is 5.02. The van der Waals surface area contributed by atoms with Crippen molar-refractivity contribution < 1.29 is 24.2 Å². The molecule has 33 heavy (non-hydrogen) atoms. The van der Waals surface area contributed by atoms with Crippen molar-refractivity contribution in [3.8, 4) is 11.1 Å². The van der Waals surface area contributed by atoms with Gasteiger partial charge in [-0.2, -0.15) is 0 Å². The van der Waals surface area contributed by atoms with E-state index in [1.165, 1.54) is 16.0 Å². The van der Waals surface area contributed by atoms with Gasteiger partial charge in [0.25, 0.3) is 0 Å². The van der Waals surface area contributed by atoms with E-state index in [0.717, 1.165) is 24.0 Å². The number of aliphatic carboxylic acids is 1. The van der Waals surface area contributed by atoms with E-state index in [-0.39, 0.29) is 36.9 Å². The number of carbonyl (C=O) groups is 3. The number of benzene rings is 2. The number of rotatable bonds is 7. The van der Waals surface area contributed by atoms with Crippen LogP contribution in [0.2, 0.25) is 0 Å². The van der Waals surface area contributed by atoms with Gasteiger partial charge in [0.05, 0.1) is 0 Å². The van der Waals surface area contributed by atoms with Crippen LogP contribution >= 0.6 is 0 Å². The number of nitrogens with zero attached hydrogens (tertiary/aromatic N) is 1. The van der Waals surface area contributed by atoms with E-state index >= 15 is 0 Å². The first-order valence-electron chi connectivity index (χ1n) is 11.6. The van der Waals surface area contributed by atoms with E-state index in [4.69, 9.17) is 9.84 Å². The fourth-order valence-electron chi connectivity index (χ4n) is 5.12. The van der Waals surface area contributed by atoms with Gasteiger partial charge in [0.2, 0.25) is 5.91 Å². The molecule has 2 aromatic rings. The molecule has 0 heterocycles. The fourth-order valence-corrected chi connectivity index (χ4v) is 5.12.